The van der Waals surface area contributed by atoms with Gasteiger partial charge in [-0.05, 0) is 24.3 Å². The molecule has 0 saturated carbocycles. The van der Waals surface area contributed by atoms with Gasteiger partial charge in [0.1, 0.15) is 11.5 Å². The van der Waals surface area contributed by atoms with Gasteiger partial charge in [-0.25, -0.2) is 9.07 Å². The fourth-order valence-electron chi connectivity index (χ4n) is 1.40. The number of amides is 1. The minimum atomic E-state index is -0.648. The van der Waals surface area contributed by atoms with Gasteiger partial charge in [0.2, 0.25) is 0 Å². The molecule has 0 spiro atoms. The van der Waals surface area contributed by atoms with Crippen molar-refractivity contribution in [3.63, 3.8) is 0 Å². The second kappa shape index (κ2) is 5.19. The first kappa shape index (κ1) is 13.2. The van der Waals surface area contributed by atoms with E-state index in [1.807, 2.05) is 0 Å². The molecule has 1 heterocycles. The highest BCUT2D eigenvalue weighted by molar-refractivity contribution is 6.30. The highest BCUT2D eigenvalue weighted by Crippen LogP contribution is 2.19. The molecule has 0 unspecified atom stereocenters. The van der Waals surface area contributed by atoms with E-state index in [0.29, 0.717) is 0 Å². The van der Waals surface area contributed by atoms with Crippen molar-refractivity contribution in [2.75, 3.05) is 5.32 Å². The average molecular weight is 282 g/mol. The molecule has 0 radical (unpaired) electrons. The predicted octanol–water partition coefficient (Wildman–Crippen LogP) is 1.83. The van der Waals surface area contributed by atoms with E-state index in [1.165, 1.54) is 31.3 Å². The number of anilines is 1. The van der Waals surface area contributed by atoms with Crippen LogP contribution in [0.1, 0.15) is 10.5 Å². The summed E-state index contributed by atoms with van der Waals surface area (Å²) in [6, 6.07) is 6.36. The first-order valence-electron chi connectivity index (χ1n) is 5.28. The first-order valence-corrected chi connectivity index (χ1v) is 5.66. The number of benzene rings is 1. The topological polar surface area (TPSA) is 64.0 Å². The number of rotatable bonds is 2. The van der Waals surface area contributed by atoms with Gasteiger partial charge in [0.25, 0.3) is 11.5 Å². The largest absolute Gasteiger partial charge is 0.318 e. The van der Waals surface area contributed by atoms with Crippen molar-refractivity contribution in [3.05, 3.63) is 57.2 Å². The molecule has 0 bridgehead atoms. The van der Waals surface area contributed by atoms with Crippen molar-refractivity contribution >= 4 is 23.2 Å². The third-order valence-electron chi connectivity index (χ3n) is 2.37. The lowest BCUT2D eigenvalue weighted by molar-refractivity contribution is 0.101. The van der Waals surface area contributed by atoms with Crippen molar-refractivity contribution in [1.82, 2.24) is 9.78 Å². The van der Waals surface area contributed by atoms with Gasteiger partial charge in [-0.3, -0.25) is 9.59 Å². The molecule has 2 aromatic rings. The normalized spacial score (nSPS) is 10.3. The molecule has 5 nitrogen and oxygen atoms in total. The number of nitrogens with one attached hydrogen (secondary N) is 1. The van der Waals surface area contributed by atoms with Crippen LogP contribution in [0.3, 0.4) is 0 Å². The molecule has 0 atom stereocenters. The average Bonchev–Trinajstić information content (AvgIpc) is 2.36. The Bertz CT molecular complexity index is 700. The Balaban J connectivity index is 2.25. The van der Waals surface area contributed by atoms with E-state index in [-0.39, 0.29) is 22.0 Å². The summed E-state index contributed by atoms with van der Waals surface area (Å²) in [5.74, 6) is -1.26. The van der Waals surface area contributed by atoms with E-state index in [9.17, 15) is 14.0 Å². The molecule has 0 saturated heterocycles. The van der Waals surface area contributed by atoms with Gasteiger partial charge in [0.15, 0.2) is 0 Å². The van der Waals surface area contributed by atoms with Crippen LogP contribution in [-0.4, -0.2) is 15.7 Å². The molecule has 0 aliphatic carbocycles. The fourth-order valence-corrected chi connectivity index (χ4v) is 1.56. The molecule has 98 valence electrons. The van der Waals surface area contributed by atoms with Gasteiger partial charge in [0, 0.05) is 18.1 Å². The fraction of sp³-hybridized carbons (Fsp3) is 0.0833. The zero-order valence-corrected chi connectivity index (χ0v) is 10.6. The SMILES string of the molecule is Cn1nc(C(=O)Nc2ccc(Cl)cc2F)ccc1=O. The van der Waals surface area contributed by atoms with Crippen LogP contribution in [-0.2, 0) is 7.05 Å². The van der Waals surface area contributed by atoms with Crippen LogP contribution in [0.4, 0.5) is 10.1 Å². The van der Waals surface area contributed by atoms with Crippen molar-refractivity contribution in [2.24, 2.45) is 7.05 Å². The molecule has 1 aromatic heterocycles. The van der Waals surface area contributed by atoms with Crippen LogP contribution in [0.25, 0.3) is 0 Å². The monoisotopic (exact) mass is 281 g/mol. The van der Waals surface area contributed by atoms with Gasteiger partial charge < -0.3 is 5.32 Å². The molecule has 2 rings (SSSR count). The number of halogens is 2. The molecule has 0 aliphatic heterocycles. The van der Waals surface area contributed by atoms with Crippen molar-refractivity contribution < 1.29 is 9.18 Å². The number of aryl methyl sites for hydroxylation is 1. The Morgan fingerprint density at radius 1 is 1.37 bits per heavy atom. The van der Waals surface area contributed by atoms with Gasteiger partial charge in [-0.2, -0.15) is 5.10 Å². The number of nitrogens with zero attached hydrogens (tertiary/aromatic N) is 2. The maximum atomic E-state index is 13.5. The Morgan fingerprint density at radius 2 is 2.11 bits per heavy atom. The molecule has 7 heteroatoms. The zero-order valence-electron chi connectivity index (χ0n) is 9.85. The summed E-state index contributed by atoms with van der Waals surface area (Å²) in [6.45, 7) is 0. The van der Waals surface area contributed by atoms with Crippen LogP contribution in [0.5, 0.6) is 0 Å². The van der Waals surface area contributed by atoms with E-state index < -0.39 is 11.7 Å². The summed E-state index contributed by atoms with van der Waals surface area (Å²) in [5.41, 5.74) is -0.337. The Labute approximate surface area is 112 Å². The summed E-state index contributed by atoms with van der Waals surface area (Å²) >= 11 is 5.61. The standard InChI is InChI=1S/C12H9ClFN3O2/c1-17-11(18)5-4-10(16-17)12(19)15-9-3-2-7(13)6-8(9)14/h2-6H,1H3,(H,15,19). The van der Waals surface area contributed by atoms with Gasteiger partial charge in [0.05, 0.1) is 5.69 Å². The van der Waals surface area contributed by atoms with Crippen LogP contribution in [0.2, 0.25) is 5.02 Å². The minimum absolute atomic E-state index is 0.00921. The summed E-state index contributed by atoms with van der Waals surface area (Å²) < 4.78 is 14.5. The number of carbonyl (C=O) groups is 1. The Morgan fingerprint density at radius 3 is 2.74 bits per heavy atom. The van der Waals surface area contributed by atoms with E-state index in [1.54, 1.807) is 0 Å². The Kier molecular flexibility index (Phi) is 3.62. The van der Waals surface area contributed by atoms with Crippen molar-refractivity contribution in [1.29, 1.82) is 0 Å². The number of hydrogen-bond acceptors (Lipinski definition) is 3. The second-order valence-corrected chi connectivity index (χ2v) is 4.20. The molecular weight excluding hydrogens is 273 g/mol. The summed E-state index contributed by atoms with van der Waals surface area (Å²) in [6.07, 6.45) is 0. The lowest BCUT2D eigenvalue weighted by Crippen LogP contribution is -2.23. The molecule has 1 N–H and O–H groups in total. The minimum Gasteiger partial charge on any atom is -0.318 e. The molecular formula is C12H9ClFN3O2. The maximum Gasteiger partial charge on any atom is 0.276 e. The Hall–Kier alpha value is -2.21. The molecule has 0 aliphatic rings. The van der Waals surface area contributed by atoms with Crippen LogP contribution in [0.15, 0.2) is 35.1 Å². The lowest BCUT2D eigenvalue weighted by atomic mass is 10.3. The molecule has 1 aromatic carbocycles. The number of carbonyl (C=O) groups excluding carboxylic acids is 1. The zero-order chi connectivity index (χ0) is 14.0. The third-order valence-corrected chi connectivity index (χ3v) is 2.61. The van der Waals surface area contributed by atoms with Crippen LogP contribution < -0.4 is 10.9 Å². The second-order valence-electron chi connectivity index (χ2n) is 3.76. The summed E-state index contributed by atoms with van der Waals surface area (Å²) in [7, 11) is 1.42. The quantitative estimate of drug-likeness (QED) is 0.913. The van der Waals surface area contributed by atoms with Crippen LogP contribution >= 0.6 is 11.6 Å². The highest BCUT2D eigenvalue weighted by Gasteiger charge is 2.11. The lowest BCUT2D eigenvalue weighted by Gasteiger charge is -2.06. The molecule has 0 fully saturated rings. The van der Waals surface area contributed by atoms with E-state index in [2.05, 4.69) is 10.4 Å². The van der Waals surface area contributed by atoms with E-state index in [4.69, 9.17) is 11.6 Å². The number of aromatic nitrogens is 2. The first-order chi connectivity index (χ1) is 8.97. The summed E-state index contributed by atoms with van der Waals surface area (Å²) in [5, 5.41) is 6.34. The predicted molar refractivity (Wildman–Crippen MR) is 68.8 cm³/mol. The molecule has 19 heavy (non-hydrogen) atoms. The van der Waals surface area contributed by atoms with Crippen LogP contribution in [0, 0.1) is 5.82 Å². The number of hydrogen-bond donors (Lipinski definition) is 1. The smallest absolute Gasteiger partial charge is 0.276 e. The molecule has 1 amide bonds. The van der Waals surface area contributed by atoms with Crippen molar-refractivity contribution in [3.8, 4) is 0 Å². The van der Waals surface area contributed by atoms with Crippen molar-refractivity contribution in [2.45, 2.75) is 0 Å². The van der Waals surface area contributed by atoms with Gasteiger partial charge in [-0.15, -0.1) is 0 Å². The van der Waals surface area contributed by atoms with Gasteiger partial charge >= 0.3 is 0 Å². The maximum absolute atomic E-state index is 13.5. The third kappa shape index (κ3) is 2.97. The summed E-state index contributed by atoms with van der Waals surface area (Å²) in [4.78, 5) is 23.0. The van der Waals surface area contributed by atoms with Gasteiger partial charge in [-0.1, -0.05) is 11.6 Å². The van der Waals surface area contributed by atoms with E-state index >= 15 is 0 Å². The highest BCUT2D eigenvalue weighted by atomic mass is 35.5. The van der Waals surface area contributed by atoms with E-state index in [0.717, 1.165) is 10.7 Å².